The van der Waals surface area contributed by atoms with Gasteiger partial charge in [-0.3, -0.25) is 0 Å². The van der Waals surface area contributed by atoms with E-state index in [1.54, 1.807) is 0 Å². The molecule has 1 aromatic rings. The molecule has 0 saturated carbocycles. The van der Waals surface area contributed by atoms with Gasteiger partial charge < -0.3 is 9.84 Å². The maximum Gasteiger partial charge on any atom is 0.127 e. The van der Waals surface area contributed by atoms with Gasteiger partial charge in [0.1, 0.15) is 17.1 Å². The normalized spacial score (nSPS) is 20.4. The molecule has 1 N–H and O–H groups in total. The molecule has 2 nitrogen and oxygen atoms in total. The molecular weight excluding hydrogens is 382 g/mol. The van der Waals surface area contributed by atoms with E-state index in [2.05, 4.69) is 41.5 Å². The van der Waals surface area contributed by atoms with Crippen LogP contribution >= 0.6 is 0 Å². The van der Waals surface area contributed by atoms with Gasteiger partial charge in [0.05, 0.1) is 0 Å². The molecule has 0 unspecified atom stereocenters. The minimum Gasteiger partial charge on any atom is -0.507 e. The van der Waals surface area contributed by atoms with Crippen molar-refractivity contribution in [3.8, 4) is 11.5 Å². The van der Waals surface area contributed by atoms with Crippen LogP contribution in [0.3, 0.4) is 0 Å². The Morgan fingerprint density at radius 1 is 0.903 bits per heavy atom. The number of hydrogen-bond acceptors (Lipinski definition) is 2. The molecule has 1 aliphatic heterocycles. The highest BCUT2D eigenvalue weighted by Gasteiger charge is 2.34. The smallest absolute Gasteiger partial charge is 0.127 e. The molecule has 2 rings (SSSR count). The van der Waals surface area contributed by atoms with Crippen LogP contribution in [0.1, 0.15) is 121 Å². The summed E-state index contributed by atoms with van der Waals surface area (Å²) in [7, 11) is 0. The van der Waals surface area contributed by atoms with Crippen LogP contribution in [0.25, 0.3) is 0 Å². The van der Waals surface area contributed by atoms with Gasteiger partial charge in [0.25, 0.3) is 0 Å². The predicted octanol–water partition coefficient (Wildman–Crippen LogP) is 8.84. The van der Waals surface area contributed by atoms with Crippen LogP contribution in [0.5, 0.6) is 11.5 Å². The molecule has 0 aliphatic carbocycles. The molecule has 1 heterocycles. The third-order valence-electron chi connectivity index (χ3n) is 7.87. The molecule has 1 aliphatic rings. The lowest BCUT2D eigenvalue weighted by Crippen LogP contribution is -2.37. The molecule has 0 bridgehead atoms. The first-order chi connectivity index (χ1) is 14.5. The highest BCUT2D eigenvalue weighted by atomic mass is 16.5. The third kappa shape index (κ3) is 7.43. The van der Waals surface area contributed by atoms with Crippen molar-refractivity contribution in [2.75, 3.05) is 0 Å². The van der Waals surface area contributed by atoms with E-state index in [1.807, 2.05) is 13.8 Å². The molecule has 0 amide bonds. The van der Waals surface area contributed by atoms with Crippen molar-refractivity contribution in [2.24, 2.45) is 17.8 Å². The summed E-state index contributed by atoms with van der Waals surface area (Å²) in [5.74, 6) is 4.04. The van der Waals surface area contributed by atoms with E-state index in [-0.39, 0.29) is 5.60 Å². The van der Waals surface area contributed by atoms with E-state index < -0.39 is 0 Å². The third-order valence-corrected chi connectivity index (χ3v) is 7.87. The number of phenols is 1. The molecule has 0 radical (unpaired) electrons. The van der Waals surface area contributed by atoms with Crippen molar-refractivity contribution >= 4 is 0 Å². The van der Waals surface area contributed by atoms with Gasteiger partial charge in [-0.1, -0.05) is 72.6 Å². The van der Waals surface area contributed by atoms with E-state index in [0.29, 0.717) is 5.75 Å². The predicted molar refractivity (Wildman–Crippen MR) is 134 cm³/mol. The summed E-state index contributed by atoms with van der Waals surface area (Å²) in [5.41, 5.74) is 4.23. The zero-order chi connectivity index (χ0) is 23.2. The monoisotopic (exact) mass is 432 g/mol. The van der Waals surface area contributed by atoms with Crippen LogP contribution in [0.4, 0.5) is 0 Å². The zero-order valence-corrected chi connectivity index (χ0v) is 21.9. The first-order valence-corrected chi connectivity index (χ1v) is 13.0. The number of ether oxygens (including phenoxy) is 1. The molecular formula is C29H50O2. The van der Waals surface area contributed by atoms with Crippen molar-refractivity contribution in [2.45, 2.75) is 132 Å². The van der Waals surface area contributed by atoms with Crippen LogP contribution in [0.2, 0.25) is 0 Å². The van der Waals surface area contributed by atoms with Crippen molar-refractivity contribution in [1.82, 2.24) is 0 Å². The van der Waals surface area contributed by atoms with Gasteiger partial charge in [0.2, 0.25) is 0 Å². The Morgan fingerprint density at radius 2 is 1.45 bits per heavy atom. The van der Waals surface area contributed by atoms with Gasteiger partial charge in [0, 0.05) is 5.56 Å². The topological polar surface area (TPSA) is 29.5 Å². The number of phenolic OH excluding ortho intramolecular Hbond substituents is 1. The Morgan fingerprint density at radius 3 is 2.03 bits per heavy atom. The maximum absolute atomic E-state index is 10.4. The van der Waals surface area contributed by atoms with Crippen LogP contribution in [0.15, 0.2) is 0 Å². The van der Waals surface area contributed by atoms with Gasteiger partial charge in [-0.05, 0) is 87.8 Å². The number of fused-ring (bicyclic) bond motifs is 1. The van der Waals surface area contributed by atoms with Crippen molar-refractivity contribution in [1.29, 1.82) is 0 Å². The van der Waals surface area contributed by atoms with Crippen LogP contribution < -0.4 is 4.74 Å². The van der Waals surface area contributed by atoms with Gasteiger partial charge in [-0.2, -0.15) is 0 Å². The first-order valence-electron chi connectivity index (χ1n) is 13.0. The maximum atomic E-state index is 10.4. The van der Waals surface area contributed by atoms with Crippen LogP contribution in [-0.4, -0.2) is 10.7 Å². The van der Waals surface area contributed by atoms with Crippen molar-refractivity contribution < 1.29 is 9.84 Å². The average molecular weight is 433 g/mol. The number of rotatable bonds is 12. The Balaban J connectivity index is 1.74. The Kier molecular flexibility index (Phi) is 9.77. The minimum atomic E-state index is -0.0712. The summed E-state index contributed by atoms with van der Waals surface area (Å²) in [6, 6.07) is 0. The number of aromatic hydroxyl groups is 1. The summed E-state index contributed by atoms with van der Waals surface area (Å²) in [6.07, 6.45) is 14.1. The molecule has 3 atom stereocenters. The lowest BCUT2D eigenvalue weighted by molar-refractivity contribution is 0.0512. The fraction of sp³-hybridized carbons (Fsp3) is 0.793. The Labute approximate surface area is 193 Å². The zero-order valence-electron chi connectivity index (χ0n) is 21.9. The Hall–Kier alpha value is -1.18. The lowest BCUT2D eigenvalue weighted by Gasteiger charge is -2.38. The summed E-state index contributed by atoms with van der Waals surface area (Å²) >= 11 is 0. The fourth-order valence-corrected chi connectivity index (χ4v) is 5.27. The van der Waals surface area contributed by atoms with E-state index in [1.165, 1.54) is 56.9 Å². The minimum absolute atomic E-state index is 0.0712. The van der Waals surface area contributed by atoms with E-state index in [4.69, 9.17) is 4.74 Å². The van der Waals surface area contributed by atoms with Crippen molar-refractivity contribution in [3.05, 3.63) is 22.3 Å². The molecule has 0 aromatic heterocycles. The van der Waals surface area contributed by atoms with Gasteiger partial charge >= 0.3 is 0 Å². The molecule has 178 valence electrons. The molecule has 31 heavy (non-hydrogen) atoms. The highest BCUT2D eigenvalue weighted by molar-refractivity contribution is 5.58. The molecule has 0 spiro atoms. The molecule has 2 heteroatoms. The van der Waals surface area contributed by atoms with E-state index in [0.717, 1.165) is 59.5 Å². The molecule has 0 saturated heterocycles. The standard InChI is InChI=1S/C29H50O2/c1-20(2)12-9-13-21(3)14-10-15-22(4)16-11-18-29(8)19-17-26-25(7)27(30)23(5)24(6)28(26)31-29/h20-22,30H,9-19H2,1-8H3/t21-,22-,29+/m1/s1/i7+2. The number of benzene rings is 1. The summed E-state index contributed by atoms with van der Waals surface area (Å²) in [4.78, 5) is 0. The fourth-order valence-electron chi connectivity index (χ4n) is 5.27. The summed E-state index contributed by atoms with van der Waals surface area (Å²) in [5, 5.41) is 10.4. The lowest BCUT2D eigenvalue weighted by atomic mass is 9.84. The molecule has 0 fully saturated rings. The second-order valence-corrected chi connectivity index (χ2v) is 11.4. The average Bonchev–Trinajstić information content (AvgIpc) is 2.70. The van der Waals surface area contributed by atoms with Crippen LogP contribution in [-0.2, 0) is 6.42 Å². The summed E-state index contributed by atoms with van der Waals surface area (Å²) in [6.45, 7) is 17.9. The quantitative estimate of drug-likeness (QED) is 0.357. The Bertz CT molecular complexity index is 705. The second kappa shape index (κ2) is 11.6. The number of hydrogen-bond donors (Lipinski definition) is 1. The van der Waals surface area contributed by atoms with Gasteiger partial charge in [-0.25, -0.2) is 0 Å². The largest absolute Gasteiger partial charge is 0.507 e. The van der Waals surface area contributed by atoms with Crippen molar-refractivity contribution in [3.63, 3.8) is 0 Å². The first kappa shape index (κ1) is 26.1. The summed E-state index contributed by atoms with van der Waals surface area (Å²) < 4.78 is 6.60. The molecule has 1 aromatic carbocycles. The SMILES string of the molecule is Cc1c(C)c2c(c([14CH3])c1O)CC[C@](C)(CCC[C@H](C)CCC[C@H](C)CCCC(C)C)O2. The van der Waals surface area contributed by atoms with Gasteiger partial charge in [0.15, 0.2) is 0 Å². The highest BCUT2D eigenvalue weighted by Crippen LogP contribution is 2.44. The van der Waals surface area contributed by atoms with Gasteiger partial charge in [-0.15, -0.1) is 0 Å². The van der Waals surface area contributed by atoms with E-state index in [9.17, 15) is 5.11 Å². The van der Waals surface area contributed by atoms with E-state index >= 15 is 0 Å². The second-order valence-electron chi connectivity index (χ2n) is 11.4. The van der Waals surface area contributed by atoms with Crippen LogP contribution in [0, 0.1) is 38.5 Å².